The summed E-state index contributed by atoms with van der Waals surface area (Å²) in [4.78, 5) is 0. The molecular formula is C11H11BrFN. The van der Waals surface area contributed by atoms with Crippen molar-refractivity contribution in [1.82, 2.24) is 0 Å². The minimum absolute atomic E-state index is 0.196. The Labute approximate surface area is 91.6 Å². The first-order valence-electron chi connectivity index (χ1n) is 4.28. The lowest BCUT2D eigenvalue weighted by Gasteiger charge is -2.10. The third-order valence-electron chi connectivity index (χ3n) is 1.91. The smallest absolute Gasteiger partial charge is 0.124 e. The lowest BCUT2D eigenvalue weighted by atomic mass is 10.0. The van der Waals surface area contributed by atoms with Gasteiger partial charge in [0.05, 0.1) is 0 Å². The molecule has 0 amide bonds. The van der Waals surface area contributed by atoms with Crippen molar-refractivity contribution in [3.05, 3.63) is 34.1 Å². The summed E-state index contributed by atoms with van der Waals surface area (Å²) in [5.41, 5.74) is 6.61. The van der Waals surface area contributed by atoms with Gasteiger partial charge < -0.3 is 5.73 Å². The highest BCUT2D eigenvalue weighted by atomic mass is 79.9. The van der Waals surface area contributed by atoms with Crippen LogP contribution >= 0.6 is 15.9 Å². The Morgan fingerprint density at radius 3 is 2.79 bits per heavy atom. The number of rotatable bonds is 3. The molecule has 0 saturated carbocycles. The van der Waals surface area contributed by atoms with Crippen LogP contribution in [-0.4, -0.2) is 0 Å². The molecule has 2 N–H and O–H groups in total. The van der Waals surface area contributed by atoms with Crippen LogP contribution in [0.15, 0.2) is 22.7 Å². The molecule has 1 unspecified atom stereocenters. The van der Waals surface area contributed by atoms with Crippen molar-refractivity contribution in [2.24, 2.45) is 5.73 Å². The van der Waals surface area contributed by atoms with Crippen LogP contribution in [0.25, 0.3) is 0 Å². The fraction of sp³-hybridized carbons (Fsp3) is 0.273. The van der Waals surface area contributed by atoms with Crippen LogP contribution in [0.5, 0.6) is 0 Å². The Bertz CT molecular complexity index is 337. The van der Waals surface area contributed by atoms with Gasteiger partial charge in [-0.05, 0) is 30.2 Å². The first-order chi connectivity index (χ1) is 6.63. The van der Waals surface area contributed by atoms with E-state index in [2.05, 4.69) is 21.9 Å². The van der Waals surface area contributed by atoms with E-state index in [-0.39, 0.29) is 11.9 Å². The molecule has 1 aromatic carbocycles. The Morgan fingerprint density at radius 2 is 2.21 bits per heavy atom. The molecule has 1 rings (SSSR count). The maximum absolute atomic E-state index is 13.0. The first-order valence-corrected chi connectivity index (χ1v) is 5.08. The van der Waals surface area contributed by atoms with Crippen LogP contribution in [0.4, 0.5) is 4.39 Å². The highest BCUT2D eigenvalue weighted by Gasteiger charge is 2.07. The van der Waals surface area contributed by atoms with Gasteiger partial charge in [0.1, 0.15) is 5.82 Å². The second-order valence-electron chi connectivity index (χ2n) is 3.05. The fourth-order valence-electron chi connectivity index (χ4n) is 1.19. The van der Waals surface area contributed by atoms with Gasteiger partial charge in [-0.25, -0.2) is 4.39 Å². The van der Waals surface area contributed by atoms with E-state index < -0.39 is 0 Å². The van der Waals surface area contributed by atoms with Crippen LogP contribution in [0.3, 0.4) is 0 Å². The zero-order chi connectivity index (χ0) is 10.6. The minimum Gasteiger partial charge on any atom is -0.324 e. The third kappa shape index (κ3) is 3.13. The number of hydrogen-bond donors (Lipinski definition) is 1. The highest BCUT2D eigenvalue weighted by Crippen LogP contribution is 2.21. The fourth-order valence-corrected chi connectivity index (χ4v) is 1.68. The number of hydrogen-bond acceptors (Lipinski definition) is 1. The Kier molecular flexibility index (Phi) is 4.12. The topological polar surface area (TPSA) is 26.0 Å². The van der Waals surface area contributed by atoms with Crippen molar-refractivity contribution in [2.45, 2.75) is 18.9 Å². The summed E-state index contributed by atoms with van der Waals surface area (Å²) in [7, 11) is 0. The molecule has 0 aliphatic carbocycles. The van der Waals surface area contributed by atoms with Gasteiger partial charge in [0.2, 0.25) is 0 Å². The van der Waals surface area contributed by atoms with E-state index in [0.717, 1.165) is 5.56 Å². The van der Waals surface area contributed by atoms with Gasteiger partial charge in [-0.1, -0.05) is 15.9 Å². The van der Waals surface area contributed by atoms with Gasteiger partial charge in [-0.2, -0.15) is 0 Å². The lowest BCUT2D eigenvalue weighted by Crippen LogP contribution is -2.10. The zero-order valence-electron chi connectivity index (χ0n) is 7.63. The number of halogens is 2. The van der Waals surface area contributed by atoms with E-state index >= 15 is 0 Å². The highest BCUT2D eigenvalue weighted by molar-refractivity contribution is 9.10. The molecule has 0 spiro atoms. The van der Waals surface area contributed by atoms with E-state index in [4.69, 9.17) is 12.2 Å². The Balaban J connectivity index is 2.79. The van der Waals surface area contributed by atoms with Crippen molar-refractivity contribution in [3.8, 4) is 12.3 Å². The second-order valence-corrected chi connectivity index (χ2v) is 3.97. The lowest BCUT2D eigenvalue weighted by molar-refractivity contribution is 0.611. The number of nitrogens with two attached hydrogens (primary N) is 1. The predicted octanol–water partition coefficient (Wildman–Crippen LogP) is 3.00. The molecule has 3 heteroatoms. The van der Waals surface area contributed by atoms with Gasteiger partial charge >= 0.3 is 0 Å². The van der Waals surface area contributed by atoms with Crippen LogP contribution in [0.1, 0.15) is 24.4 Å². The van der Waals surface area contributed by atoms with Crippen molar-refractivity contribution < 1.29 is 4.39 Å². The molecular weight excluding hydrogens is 245 g/mol. The summed E-state index contributed by atoms with van der Waals surface area (Å²) in [6.07, 6.45) is 6.41. The van der Waals surface area contributed by atoms with E-state index in [0.29, 0.717) is 17.3 Å². The van der Waals surface area contributed by atoms with Crippen molar-refractivity contribution in [3.63, 3.8) is 0 Å². The maximum atomic E-state index is 13.0. The average molecular weight is 256 g/mol. The van der Waals surface area contributed by atoms with Gasteiger partial charge in [-0.15, -0.1) is 12.3 Å². The summed E-state index contributed by atoms with van der Waals surface area (Å²) < 4.78 is 13.7. The second kappa shape index (κ2) is 5.14. The van der Waals surface area contributed by atoms with E-state index in [9.17, 15) is 4.39 Å². The molecule has 0 saturated heterocycles. The molecule has 0 radical (unpaired) electrons. The van der Waals surface area contributed by atoms with Crippen molar-refractivity contribution in [1.29, 1.82) is 0 Å². The predicted molar refractivity (Wildman–Crippen MR) is 59.1 cm³/mol. The summed E-state index contributed by atoms with van der Waals surface area (Å²) >= 11 is 3.21. The minimum atomic E-state index is -0.287. The SMILES string of the molecule is C#CCCC(N)c1cc(F)cc(Br)c1. The molecule has 1 nitrogen and oxygen atoms in total. The monoisotopic (exact) mass is 255 g/mol. The van der Waals surface area contributed by atoms with E-state index in [1.54, 1.807) is 0 Å². The molecule has 0 bridgehead atoms. The first kappa shape index (κ1) is 11.2. The van der Waals surface area contributed by atoms with Crippen molar-refractivity contribution in [2.75, 3.05) is 0 Å². The largest absolute Gasteiger partial charge is 0.324 e. The van der Waals surface area contributed by atoms with Crippen molar-refractivity contribution >= 4 is 15.9 Å². The molecule has 0 fully saturated rings. The van der Waals surface area contributed by atoms with E-state index in [1.807, 2.05) is 6.07 Å². The van der Waals surface area contributed by atoms with E-state index in [1.165, 1.54) is 12.1 Å². The summed E-state index contributed by atoms with van der Waals surface area (Å²) in [6, 6.07) is 4.45. The van der Waals surface area contributed by atoms with Gasteiger partial charge in [0, 0.05) is 16.9 Å². The number of benzene rings is 1. The molecule has 0 aromatic heterocycles. The molecule has 0 aliphatic heterocycles. The standard InChI is InChI=1S/C11H11BrFN/c1-2-3-4-11(14)8-5-9(12)7-10(13)6-8/h1,5-7,11H,3-4,14H2. The molecule has 14 heavy (non-hydrogen) atoms. The third-order valence-corrected chi connectivity index (χ3v) is 2.37. The van der Waals surface area contributed by atoms with Gasteiger partial charge in [0.25, 0.3) is 0 Å². The van der Waals surface area contributed by atoms with Crippen LogP contribution < -0.4 is 5.73 Å². The molecule has 0 aliphatic rings. The quantitative estimate of drug-likeness (QED) is 0.826. The van der Waals surface area contributed by atoms with Crippen LogP contribution in [-0.2, 0) is 0 Å². The molecule has 1 atom stereocenters. The normalized spacial score (nSPS) is 12.1. The molecule has 0 heterocycles. The molecule has 1 aromatic rings. The zero-order valence-corrected chi connectivity index (χ0v) is 9.22. The Hall–Kier alpha value is -0.850. The Morgan fingerprint density at radius 1 is 1.50 bits per heavy atom. The molecule has 74 valence electrons. The van der Waals surface area contributed by atoms with Crippen LogP contribution in [0, 0.1) is 18.2 Å². The average Bonchev–Trinajstić information content (AvgIpc) is 2.12. The summed E-state index contributed by atoms with van der Waals surface area (Å²) in [5, 5.41) is 0. The summed E-state index contributed by atoms with van der Waals surface area (Å²) in [5.74, 6) is 2.23. The van der Waals surface area contributed by atoms with Gasteiger partial charge in [-0.3, -0.25) is 0 Å². The number of terminal acetylenes is 1. The van der Waals surface area contributed by atoms with Crippen LogP contribution in [0.2, 0.25) is 0 Å². The van der Waals surface area contributed by atoms with Gasteiger partial charge in [0.15, 0.2) is 0 Å². The maximum Gasteiger partial charge on any atom is 0.124 e. The summed E-state index contributed by atoms with van der Waals surface area (Å²) in [6.45, 7) is 0.